The number of halogens is 2. The quantitative estimate of drug-likeness (QED) is 0.848. The number of ether oxygens (including phenoxy) is 1. The lowest BCUT2D eigenvalue weighted by Gasteiger charge is -2.29. The van der Waals surface area contributed by atoms with Gasteiger partial charge in [0.2, 0.25) is 0 Å². The van der Waals surface area contributed by atoms with Crippen LogP contribution in [0.2, 0.25) is 10.0 Å². The Morgan fingerprint density at radius 1 is 1.19 bits per heavy atom. The summed E-state index contributed by atoms with van der Waals surface area (Å²) in [4.78, 5) is 26.4. The van der Waals surface area contributed by atoms with Crippen LogP contribution in [0.15, 0.2) is 36.4 Å². The summed E-state index contributed by atoms with van der Waals surface area (Å²) in [6, 6.07) is 10.3. The molecule has 26 heavy (non-hydrogen) atoms. The summed E-state index contributed by atoms with van der Waals surface area (Å²) in [5.41, 5.74) is 2.88. The zero-order valence-corrected chi connectivity index (χ0v) is 15.7. The van der Waals surface area contributed by atoms with E-state index >= 15 is 0 Å². The minimum Gasteiger partial charge on any atom is -0.375 e. The smallest absolute Gasteiger partial charge is 0.257 e. The minimum atomic E-state index is -0.310. The topological polar surface area (TPSA) is 58.6 Å². The highest BCUT2D eigenvalue weighted by Crippen LogP contribution is 2.30. The number of carbonyl (C=O) groups is 2. The molecule has 0 aliphatic carbocycles. The molecule has 0 bridgehead atoms. The second-order valence-electron chi connectivity index (χ2n) is 6.00. The van der Waals surface area contributed by atoms with Crippen LogP contribution in [0.5, 0.6) is 0 Å². The maximum atomic E-state index is 12.5. The molecule has 5 nitrogen and oxygen atoms in total. The van der Waals surface area contributed by atoms with E-state index in [1.165, 1.54) is 13.2 Å². The van der Waals surface area contributed by atoms with Gasteiger partial charge in [0, 0.05) is 30.1 Å². The predicted octanol–water partition coefficient (Wildman–Crippen LogP) is 4.17. The summed E-state index contributed by atoms with van der Waals surface area (Å²) < 4.78 is 4.95. The third-order valence-corrected chi connectivity index (χ3v) is 4.75. The number of rotatable bonds is 4. The van der Waals surface area contributed by atoms with Crippen LogP contribution in [-0.2, 0) is 16.0 Å². The van der Waals surface area contributed by atoms with Crippen LogP contribution >= 0.6 is 23.2 Å². The molecular weight excluding hydrogens is 375 g/mol. The minimum absolute atomic E-state index is 0.0486. The van der Waals surface area contributed by atoms with E-state index in [9.17, 15) is 9.59 Å². The third kappa shape index (κ3) is 4.01. The van der Waals surface area contributed by atoms with E-state index in [0.29, 0.717) is 27.8 Å². The van der Waals surface area contributed by atoms with E-state index in [1.807, 2.05) is 12.1 Å². The van der Waals surface area contributed by atoms with Gasteiger partial charge in [-0.25, -0.2) is 0 Å². The zero-order chi connectivity index (χ0) is 18.7. The van der Waals surface area contributed by atoms with Gasteiger partial charge in [-0.2, -0.15) is 0 Å². The van der Waals surface area contributed by atoms with Gasteiger partial charge in [-0.05, 0) is 54.8 Å². The molecule has 2 aromatic rings. The molecule has 0 unspecified atom stereocenters. The average molecular weight is 393 g/mol. The first-order valence-corrected chi connectivity index (χ1v) is 8.94. The van der Waals surface area contributed by atoms with Crippen molar-refractivity contribution in [3.05, 3.63) is 57.6 Å². The normalized spacial score (nSPS) is 13.3. The molecule has 0 saturated carbocycles. The lowest BCUT2D eigenvalue weighted by molar-refractivity contribution is -0.122. The van der Waals surface area contributed by atoms with Crippen LogP contribution < -0.4 is 10.2 Å². The van der Waals surface area contributed by atoms with Crippen molar-refractivity contribution in [1.29, 1.82) is 0 Å². The number of benzene rings is 2. The van der Waals surface area contributed by atoms with Gasteiger partial charge in [0.15, 0.2) is 0 Å². The molecule has 0 radical (unpaired) electrons. The van der Waals surface area contributed by atoms with E-state index in [0.717, 1.165) is 24.1 Å². The summed E-state index contributed by atoms with van der Waals surface area (Å²) in [6.07, 6.45) is 1.71. The van der Waals surface area contributed by atoms with Crippen molar-refractivity contribution >= 4 is 46.4 Å². The molecule has 0 atom stereocenters. The summed E-state index contributed by atoms with van der Waals surface area (Å²) in [6.45, 7) is 0.717. The van der Waals surface area contributed by atoms with E-state index in [2.05, 4.69) is 5.32 Å². The molecule has 136 valence electrons. The Morgan fingerprint density at radius 3 is 2.73 bits per heavy atom. The molecule has 0 saturated heterocycles. The van der Waals surface area contributed by atoms with Gasteiger partial charge < -0.3 is 15.0 Å². The Hall–Kier alpha value is -2.08. The van der Waals surface area contributed by atoms with Crippen molar-refractivity contribution in [2.45, 2.75) is 12.8 Å². The van der Waals surface area contributed by atoms with Gasteiger partial charge in [-0.3, -0.25) is 9.59 Å². The molecule has 7 heteroatoms. The van der Waals surface area contributed by atoms with Crippen LogP contribution in [0.25, 0.3) is 0 Å². The van der Waals surface area contributed by atoms with Crippen LogP contribution in [0.4, 0.5) is 11.4 Å². The van der Waals surface area contributed by atoms with Gasteiger partial charge in [0.05, 0.1) is 10.6 Å². The van der Waals surface area contributed by atoms with Crippen LogP contribution in [0.1, 0.15) is 22.3 Å². The van der Waals surface area contributed by atoms with Crippen molar-refractivity contribution in [3.63, 3.8) is 0 Å². The van der Waals surface area contributed by atoms with Gasteiger partial charge in [-0.15, -0.1) is 0 Å². The van der Waals surface area contributed by atoms with Gasteiger partial charge in [-0.1, -0.05) is 23.2 Å². The number of hydrogen-bond acceptors (Lipinski definition) is 3. The molecule has 1 aliphatic heterocycles. The molecule has 1 heterocycles. The predicted molar refractivity (Wildman–Crippen MR) is 103 cm³/mol. The Kier molecular flexibility index (Phi) is 5.81. The fourth-order valence-corrected chi connectivity index (χ4v) is 3.50. The Bertz CT molecular complexity index is 855. The largest absolute Gasteiger partial charge is 0.375 e. The number of anilines is 2. The molecule has 1 aliphatic rings. The van der Waals surface area contributed by atoms with Crippen molar-refractivity contribution < 1.29 is 14.3 Å². The monoisotopic (exact) mass is 392 g/mol. The first kappa shape index (κ1) is 18.7. The van der Waals surface area contributed by atoms with Gasteiger partial charge in [0.25, 0.3) is 11.8 Å². The number of fused-ring (bicyclic) bond motifs is 1. The van der Waals surface area contributed by atoms with Crippen molar-refractivity contribution in [3.8, 4) is 0 Å². The van der Waals surface area contributed by atoms with Crippen molar-refractivity contribution in [2.75, 3.05) is 30.5 Å². The van der Waals surface area contributed by atoms with Crippen LogP contribution in [0.3, 0.4) is 0 Å². The number of hydrogen-bond donors (Lipinski definition) is 1. The number of nitrogens with zero attached hydrogens (tertiary/aromatic N) is 1. The number of nitrogens with one attached hydrogen (secondary N) is 1. The Labute approximate surface area is 161 Å². The summed E-state index contributed by atoms with van der Waals surface area (Å²) in [5, 5.41) is 3.61. The molecule has 0 aromatic heterocycles. The van der Waals surface area contributed by atoms with E-state index < -0.39 is 0 Å². The van der Waals surface area contributed by atoms with Gasteiger partial charge >= 0.3 is 0 Å². The number of carbonyl (C=O) groups excluding carboxylic acids is 2. The van der Waals surface area contributed by atoms with Crippen molar-refractivity contribution in [1.82, 2.24) is 0 Å². The van der Waals surface area contributed by atoms with E-state index in [4.69, 9.17) is 27.9 Å². The zero-order valence-electron chi connectivity index (χ0n) is 14.2. The van der Waals surface area contributed by atoms with Crippen LogP contribution in [-0.4, -0.2) is 32.1 Å². The third-order valence-electron chi connectivity index (χ3n) is 4.20. The second-order valence-corrected chi connectivity index (χ2v) is 6.85. The fourth-order valence-electron chi connectivity index (χ4n) is 3.01. The summed E-state index contributed by atoms with van der Waals surface area (Å²) >= 11 is 12.0. The maximum absolute atomic E-state index is 12.5. The highest BCUT2D eigenvalue weighted by molar-refractivity contribution is 6.37. The molecule has 0 spiro atoms. The number of aryl methyl sites for hydroxylation is 1. The first-order valence-electron chi connectivity index (χ1n) is 8.18. The molecule has 2 amide bonds. The lowest BCUT2D eigenvalue weighted by Crippen LogP contribution is -2.37. The fraction of sp³-hybridized carbons (Fsp3) is 0.263. The highest BCUT2D eigenvalue weighted by Gasteiger charge is 2.23. The van der Waals surface area contributed by atoms with Gasteiger partial charge in [0.1, 0.15) is 6.61 Å². The standard InChI is InChI=1S/C19H18Cl2N2O3/c1-26-11-18(24)23-8-2-3-12-9-14(5-7-17(12)23)22-19(25)15-6-4-13(20)10-16(15)21/h4-7,9-10H,2-3,8,11H2,1H3,(H,22,25). The number of methoxy groups -OCH3 is 1. The van der Waals surface area contributed by atoms with E-state index in [1.54, 1.807) is 23.1 Å². The maximum Gasteiger partial charge on any atom is 0.257 e. The molecule has 2 aromatic carbocycles. The second kappa shape index (κ2) is 8.08. The SMILES string of the molecule is COCC(=O)N1CCCc2cc(NC(=O)c3ccc(Cl)cc3Cl)ccc21. The molecule has 3 rings (SSSR count). The summed E-state index contributed by atoms with van der Waals surface area (Å²) in [7, 11) is 1.50. The van der Waals surface area contributed by atoms with E-state index in [-0.39, 0.29) is 18.4 Å². The molecule has 1 N–H and O–H groups in total. The Balaban J connectivity index is 1.80. The van der Waals surface area contributed by atoms with Crippen LogP contribution in [0, 0.1) is 0 Å². The summed E-state index contributed by atoms with van der Waals surface area (Å²) in [5.74, 6) is -0.382. The molecular formula is C19H18Cl2N2O3. The Morgan fingerprint density at radius 2 is 2.00 bits per heavy atom. The number of amides is 2. The highest BCUT2D eigenvalue weighted by atomic mass is 35.5. The lowest BCUT2D eigenvalue weighted by atomic mass is 10.0. The first-order chi connectivity index (χ1) is 12.5. The average Bonchev–Trinajstić information content (AvgIpc) is 2.61. The van der Waals surface area contributed by atoms with Crippen molar-refractivity contribution in [2.24, 2.45) is 0 Å². The molecule has 0 fully saturated rings.